The first-order valence-corrected chi connectivity index (χ1v) is 10.7. The van der Waals surface area contributed by atoms with Crippen LogP contribution in [0.15, 0.2) is 29.2 Å². The number of hydrogen-bond donors (Lipinski definition) is 3. The van der Waals surface area contributed by atoms with Crippen molar-refractivity contribution in [3.05, 3.63) is 29.8 Å². The summed E-state index contributed by atoms with van der Waals surface area (Å²) in [5.41, 5.74) is 1.05. The molecule has 1 aromatic carbocycles. The van der Waals surface area contributed by atoms with Gasteiger partial charge in [0.2, 0.25) is 10.0 Å². The summed E-state index contributed by atoms with van der Waals surface area (Å²) in [6.07, 6.45) is 3.40. The summed E-state index contributed by atoms with van der Waals surface area (Å²) in [7, 11) is -3.76. The number of sulfonamides is 1. The second kappa shape index (κ2) is 6.23. The predicted molar refractivity (Wildman–Crippen MR) is 101 cm³/mol. The molecule has 0 unspecified atom stereocenters. The largest absolute Gasteiger partial charge is 0.335 e. The van der Waals surface area contributed by atoms with Crippen molar-refractivity contribution in [1.29, 1.82) is 0 Å². The van der Waals surface area contributed by atoms with E-state index in [1.54, 1.807) is 12.1 Å². The molecular weight excluding hydrogens is 350 g/mol. The lowest BCUT2D eigenvalue weighted by Crippen LogP contribution is -2.50. The molecule has 2 bridgehead atoms. The standard InChI is InChI=1S/C19H29N3O3S/c1-12(13-6-5-7-15(10-13)26(20,24)25)21-17(23)22-16-11-14-8-9-19(16,4)18(14,2)3/h5-7,10,12,14,16H,8-9,11H2,1-4H3,(H2,20,24,25)(H2,21,22,23)/t12-,14-,16+,19-/m1/s1. The van der Waals surface area contributed by atoms with Crippen LogP contribution in [0.2, 0.25) is 0 Å². The molecule has 0 spiro atoms. The highest BCUT2D eigenvalue weighted by atomic mass is 32.2. The summed E-state index contributed by atoms with van der Waals surface area (Å²) in [4.78, 5) is 12.6. The SMILES string of the molecule is C[C@@H](NC(=O)N[C@H]1C[C@H]2CC[C@@]1(C)C2(C)C)c1cccc(S(N)(=O)=O)c1. The number of amides is 2. The second-order valence-electron chi connectivity index (χ2n) is 8.62. The van der Waals surface area contributed by atoms with Crippen LogP contribution in [-0.2, 0) is 10.0 Å². The summed E-state index contributed by atoms with van der Waals surface area (Å²) in [5.74, 6) is 0.654. The van der Waals surface area contributed by atoms with Crippen LogP contribution in [0.5, 0.6) is 0 Å². The highest BCUT2D eigenvalue weighted by Gasteiger charge is 2.61. The summed E-state index contributed by atoms with van der Waals surface area (Å²) >= 11 is 0. The highest BCUT2D eigenvalue weighted by Crippen LogP contribution is 2.65. The summed E-state index contributed by atoms with van der Waals surface area (Å²) < 4.78 is 23.0. The Morgan fingerprint density at radius 1 is 1.31 bits per heavy atom. The maximum Gasteiger partial charge on any atom is 0.315 e. The van der Waals surface area contributed by atoms with Crippen molar-refractivity contribution < 1.29 is 13.2 Å². The van der Waals surface area contributed by atoms with Crippen molar-refractivity contribution in [2.75, 3.05) is 0 Å². The van der Waals surface area contributed by atoms with E-state index in [2.05, 4.69) is 31.4 Å². The Bertz CT molecular complexity index is 821. The average Bonchev–Trinajstić information content (AvgIpc) is 2.87. The maximum atomic E-state index is 12.5. The first-order valence-electron chi connectivity index (χ1n) is 9.15. The third-order valence-electron chi connectivity index (χ3n) is 7.13. The molecule has 2 aliphatic carbocycles. The van der Waals surface area contributed by atoms with Gasteiger partial charge in [0.15, 0.2) is 0 Å². The Labute approximate surface area is 156 Å². The summed E-state index contributed by atoms with van der Waals surface area (Å²) in [5, 5.41) is 11.3. The second-order valence-corrected chi connectivity index (χ2v) is 10.2. The van der Waals surface area contributed by atoms with E-state index in [-0.39, 0.29) is 33.8 Å². The molecule has 2 fully saturated rings. The number of hydrogen-bond acceptors (Lipinski definition) is 3. The summed E-state index contributed by atoms with van der Waals surface area (Å²) in [6.45, 7) is 8.73. The van der Waals surface area contributed by atoms with Crippen LogP contribution in [0.4, 0.5) is 4.79 Å². The topological polar surface area (TPSA) is 101 Å². The predicted octanol–water partition coefficient (Wildman–Crippen LogP) is 2.91. The van der Waals surface area contributed by atoms with Crippen molar-refractivity contribution in [2.24, 2.45) is 21.9 Å². The molecule has 6 nitrogen and oxygen atoms in total. The Morgan fingerprint density at radius 2 is 2.00 bits per heavy atom. The van der Waals surface area contributed by atoms with Crippen LogP contribution >= 0.6 is 0 Å². The minimum absolute atomic E-state index is 0.0476. The maximum absolute atomic E-state index is 12.5. The Hall–Kier alpha value is -1.60. The molecule has 26 heavy (non-hydrogen) atoms. The summed E-state index contributed by atoms with van der Waals surface area (Å²) in [6, 6.07) is 5.99. The van der Waals surface area contributed by atoms with Gasteiger partial charge in [-0.1, -0.05) is 32.9 Å². The van der Waals surface area contributed by atoms with E-state index in [0.29, 0.717) is 11.5 Å². The normalized spacial score (nSPS) is 30.8. The lowest BCUT2D eigenvalue weighted by Gasteiger charge is -2.39. The third-order valence-corrected chi connectivity index (χ3v) is 8.04. The van der Waals surface area contributed by atoms with Crippen LogP contribution in [-0.4, -0.2) is 20.5 Å². The molecule has 7 heteroatoms. The van der Waals surface area contributed by atoms with Gasteiger partial charge in [0, 0.05) is 6.04 Å². The molecule has 3 rings (SSSR count). The first-order chi connectivity index (χ1) is 11.9. The van der Waals surface area contributed by atoms with Gasteiger partial charge in [0.25, 0.3) is 0 Å². The van der Waals surface area contributed by atoms with Crippen LogP contribution in [0.3, 0.4) is 0 Å². The van der Waals surface area contributed by atoms with E-state index in [4.69, 9.17) is 5.14 Å². The van der Waals surface area contributed by atoms with Crippen molar-refractivity contribution in [3.63, 3.8) is 0 Å². The molecule has 4 N–H and O–H groups in total. The molecule has 2 amide bonds. The first kappa shape index (κ1) is 19.2. The molecular formula is C19H29N3O3S. The number of nitrogens with one attached hydrogen (secondary N) is 2. The van der Waals surface area contributed by atoms with Crippen LogP contribution in [0, 0.1) is 16.7 Å². The Kier molecular flexibility index (Phi) is 4.60. The fraction of sp³-hybridized carbons (Fsp3) is 0.632. The van der Waals surface area contributed by atoms with Gasteiger partial charge in [0.05, 0.1) is 10.9 Å². The van der Waals surface area contributed by atoms with Gasteiger partial charge in [-0.05, 0) is 60.6 Å². The van der Waals surface area contributed by atoms with E-state index in [1.807, 2.05) is 6.92 Å². The fourth-order valence-corrected chi connectivity index (χ4v) is 5.43. The molecule has 0 saturated heterocycles. The van der Waals surface area contributed by atoms with Gasteiger partial charge in [-0.25, -0.2) is 18.4 Å². The molecule has 0 aliphatic heterocycles. The quantitative estimate of drug-likeness (QED) is 0.749. The molecule has 1 aromatic rings. The van der Waals surface area contributed by atoms with Gasteiger partial charge in [-0.15, -0.1) is 0 Å². The Balaban J connectivity index is 1.66. The molecule has 0 radical (unpaired) electrons. The molecule has 0 aromatic heterocycles. The Morgan fingerprint density at radius 3 is 2.54 bits per heavy atom. The van der Waals surface area contributed by atoms with Crippen molar-refractivity contribution in [1.82, 2.24) is 10.6 Å². The van der Waals surface area contributed by atoms with Gasteiger partial charge < -0.3 is 10.6 Å². The lowest BCUT2D eigenvalue weighted by atomic mass is 9.69. The molecule has 0 heterocycles. The number of benzene rings is 1. The number of nitrogens with two attached hydrogens (primary N) is 1. The molecule has 2 aliphatic rings. The van der Waals surface area contributed by atoms with Crippen LogP contribution in [0.1, 0.15) is 58.6 Å². The van der Waals surface area contributed by atoms with Crippen LogP contribution < -0.4 is 15.8 Å². The van der Waals surface area contributed by atoms with E-state index in [0.717, 1.165) is 12.8 Å². The minimum atomic E-state index is -3.76. The van der Waals surface area contributed by atoms with Crippen molar-refractivity contribution in [3.8, 4) is 0 Å². The smallest absolute Gasteiger partial charge is 0.315 e. The number of carbonyl (C=O) groups is 1. The van der Waals surface area contributed by atoms with Gasteiger partial charge in [0.1, 0.15) is 0 Å². The number of urea groups is 1. The number of rotatable bonds is 4. The number of carbonyl (C=O) groups excluding carboxylic acids is 1. The molecule has 144 valence electrons. The van der Waals surface area contributed by atoms with E-state index >= 15 is 0 Å². The van der Waals surface area contributed by atoms with Crippen molar-refractivity contribution >= 4 is 16.1 Å². The average molecular weight is 380 g/mol. The van der Waals surface area contributed by atoms with Gasteiger partial charge >= 0.3 is 6.03 Å². The zero-order valence-electron chi connectivity index (χ0n) is 15.9. The molecule has 4 atom stereocenters. The third kappa shape index (κ3) is 3.11. The number of fused-ring (bicyclic) bond motifs is 2. The van der Waals surface area contributed by atoms with E-state index in [9.17, 15) is 13.2 Å². The van der Waals surface area contributed by atoms with Crippen LogP contribution in [0.25, 0.3) is 0 Å². The monoisotopic (exact) mass is 379 g/mol. The highest BCUT2D eigenvalue weighted by molar-refractivity contribution is 7.89. The number of primary sulfonamides is 1. The van der Waals surface area contributed by atoms with E-state index in [1.165, 1.54) is 18.6 Å². The van der Waals surface area contributed by atoms with Gasteiger partial charge in [-0.3, -0.25) is 0 Å². The van der Waals surface area contributed by atoms with Crippen molar-refractivity contribution in [2.45, 2.75) is 63.9 Å². The minimum Gasteiger partial charge on any atom is -0.335 e. The lowest BCUT2D eigenvalue weighted by molar-refractivity contribution is 0.123. The van der Waals surface area contributed by atoms with Gasteiger partial charge in [-0.2, -0.15) is 0 Å². The van der Waals surface area contributed by atoms with E-state index < -0.39 is 10.0 Å². The molecule has 2 saturated carbocycles. The zero-order valence-corrected chi connectivity index (χ0v) is 16.7. The fourth-order valence-electron chi connectivity index (χ4n) is 4.86. The zero-order chi connectivity index (χ0) is 19.3.